The molecule has 3 nitrogen and oxygen atoms in total. The molecule has 0 spiro atoms. The minimum atomic E-state index is -0.0811. The van der Waals surface area contributed by atoms with Gasteiger partial charge in [0.2, 0.25) is 0 Å². The number of hydrogen-bond acceptors (Lipinski definition) is 3. The molecular weight excluding hydrogens is 180 g/mol. The number of aliphatic hydroxyl groups excluding tert-OH is 1. The lowest BCUT2D eigenvalue weighted by molar-refractivity contribution is -0.143. The fourth-order valence-electron chi connectivity index (χ4n) is 1.14. The maximum absolute atomic E-state index is 11.1. The Labute approximate surface area is 86.5 Å². The van der Waals surface area contributed by atoms with Gasteiger partial charge in [-0.1, -0.05) is 26.2 Å². The fourth-order valence-corrected chi connectivity index (χ4v) is 1.14. The van der Waals surface area contributed by atoms with Gasteiger partial charge in [-0.15, -0.1) is 0 Å². The molecule has 0 aromatic heterocycles. The van der Waals surface area contributed by atoms with E-state index in [0.29, 0.717) is 13.0 Å². The summed E-state index contributed by atoms with van der Waals surface area (Å²) >= 11 is 0. The lowest BCUT2D eigenvalue weighted by Gasteiger charge is -2.03. The SMILES string of the molecule is CCCCOC(=O)CCCCCCO. The Balaban J connectivity index is 3.10. The molecule has 14 heavy (non-hydrogen) atoms. The number of carbonyl (C=O) groups is 1. The van der Waals surface area contributed by atoms with Gasteiger partial charge in [0.15, 0.2) is 0 Å². The van der Waals surface area contributed by atoms with Crippen LogP contribution in [-0.2, 0) is 9.53 Å². The first-order chi connectivity index (χ1) is 6.81. The molecule has 0 radical (unpaired) electrons. The van der Waals surface area contributed by atoms with Crippen molar-refractivity contribution in [2.45, 2.75) is 51.9 Å². The van der Waals surface area contributed by atoms with Crippen molar-refractivity contribution in [1.82, 2.24) is 0 Å². The van der Waals surface area contributed by atoms with E-state index in [1.165, 1.54) is 0 Å². The summed E-state index contributed by atoms with van der Waals surface area (Å²) in [4.78, 5) is 11.1. The Morgan fingerprint density at radius 2 is 1.86 bits per heavy atom. The van der Waals surface area contributed by atoms with Crippen molar-refractivity contribution in [3.05, 3.63) is 0 Å². The summed E-state index contributed by atoms with van der Waals surface area (Å²) in [6, 6.07) is 0. The number of aliphatic hydroxyl groups is 1. The van der Waals surface area contributed by atoms with Gasteiger partial charge in [-0.05, 0) is 19.3 Å². The molecule has 1 N–H and O–H groups in total. The van der Waals surface area contributed by atoms with Gasteiger partial charge in [0.25, 0.3) is 0 Å². The molecule has 0 aliphatic carbocycles. The van der Waals surface area contributed by atoms with Crippen molar-refractivity contribution in [3.63, 3.8) is 0 Å². The molecule has 0 unspecified atom stereocenters. The minimum Gasteiger partial charge on any atom is -0.466 e. The second-order valence-corrected chi connectivity index (χ2v) is 3.46. The van der Waals surface area contributed by atoms with Crippen LogP contribution in [0.5, 0.6) is 0 Å². The van der Waals surface area contributed by atoms with Crippen LogP contribution in [0, 0.1) is 0 Å². The van der Waals surface area contributed by atoms with E-state index < -0.39 is 0 Å². The van der Waals surface area contributed by atoms with Crippen molar-refractivity contribution in [2.24, 2.45) is 0 Å². The van der Waals surface area contributed by atoms with Crippen molar-refractivity contribution >= 4 is 5.97 Å². The predicted octanol–water partition coefficient (Wildman–Crippen LogP) is 2.27. The van der Waals surface area contributed by atoms with Gasteiger partial charge in [0, 0.05) is 13.0 Å². The van der Waals surface area contributed by atoms with E-state index in [9.17, 15) is 4.79 Å². The summed E-state index contributed by atoms with van der Waals surface area (Å²) in [5.41, 5.74) is 0. The van der Waals surface area contributed by atoms with Crippen LogP contribution in [-0.4, -0.2) is 24.3 Å². The Morgan fingerprint density at radius 3 is 2.50 bits per heavy atom. The Bertz CT molecular complexity index is 134. The first-order valence-corrected chi connectivity index (χ1v) is 5.57. The summed E-state index contributed by atoms with van der Waals surface area (Å²) in [7, 11) is 0. The molecule has 84 valence electrons. The highest BCUT2D eigenvalue weighted by Gasteiger charge is 2.01. The normalized spacial score (nSPS) is 10.1. The molecule has 0 saturated heterocycles. The molecule has 0 bridgehead atoms. The summed E-state index contributed by atoms with van der Waals surface area (Å²) in [6.07, 6.45) is 6.26. The lowest BCUT2D eigenvalue weighted by Crippen LogP contribution is -2.05. The molecular formula is C11H22O3. The van der Waals surface area contributed by atoms with E-state index in [-0.39, 0.29) is 12.6 Å². The highest BCUT2D eigenvalue weighted by molar-refractivity contribution is 5.69. The molecule has 0 amide bonds. The summed E-state index contributed by atoms with van der Waals surface area (Å²) in [5.74, 6) is -0.0811. The van der Waals surface area contributed by atoms with E-state index in [1.54, 1.807) is 0 Å². The number of unbranched alkanes of at least 4 members (excludes halogenated alkanes) is 4. The Kier molecular flexibility index (Phi) is 10.1. The van der Waals surface area contributed by atoms with Crippen molar-refractivity contribution < 1.29 is 14.6 Å². The number of esters is 1. The third-order valence-corrected chi connectivity index (χ3v) is 2.05. The molecule has 3 heteroatoms. The van der Waals surface area contributed by atoms with Crippen LogP contribution >= 0.6 is 0 Å². The zero-order valence-corrected chi connectivity index (χ0v) is 9.13. The monoisotopic (exact) mass is 202 g/mol. The van der Waals surface area contributed by atoms with E-state index >= 15 is 0 Å². The van der Waals surface area contributed by atoms with Crippen LogP contribution in [0.4, 0.5) is 0 Å². The van der Waals surface area contributed by atoms with Crippen LogP contribution in [0.1, 0.15) is 51.9 Å². The quantitative estimate of drug-likeness (QED) is 0.461. The van der Waals surface area contributed by atoms with Crippen LogP contribution in [0.3, 0.4) is 0 Å². The zero-order valence-electron chi connectivity index (χ0n) is 9.13. The molecule has 0 fully saturated rings. The van der Waals surface area contributed by atoms with E-state index in [4.69, 9.17) is 9.84 Å². The molecule has 0 aromatic carbocycles. The Hall–Kier alpha value is -0.570. The van der Waals surface area contributed by atoms with E-state index in [0.717, 1.165) is 38.5 Å². The van der Waals surface area contributed by atoms with E-state index in [2.05, 4.69) is 6.92 Å². The average molecular weight is 202 g/mol. The van der Waals surface area contributed by atoms with Gasteiger partial charge < -0.3 is 9.84 Å². The second-order valence-electron chi connectivity index (χ2n) is 3.46. The Morgan fingerprint density at radius 1 is 1.14 bits per heavy atom. The number of carbonyl (C=O) groups excluding carboxylic acids is 1. The maximum atomic E-state index is 11.1. The molecule has 0 aliphatic rings. The zero-order chi connectivity index (χ0) is 10.6. The third-order valence-electron chi connectivity index (χ3n) is 2.05. The lowest BCUT2D eigenvalue weighted by atomic mass is 10.1. The van der Waals surface area contributed by atoms with Gasteiger partial charge in [-0.2, -0.15) is 0 Å². The smallest absolute Gasteiger partial charge is 0.305 e. The van der Waals surface area contributed by atoms with Crippen molar-refractivity contribution in [1.29, 1.82) is 0 Å². The van der Waals surface area contributed by atoms with Crippen LogP contribution in [0.2, 0.25) is 0 Å². The molecule has 0 rings (SSSR count). The van der Waals surface area contributed by atoms with Gasteiger partial charge in [0.05, 0.1) is 6.61 Å². The van der Waals surface area contributed by atoms with E-state index in [1.807, 2.05) is 0 Å². The maximum Gasteiger partial charge on any atom is 0.305 e. The third kappa shape index (κ3) is 9.52. The van der Waals surface area contributed by atoms with Gasteiger partial charge >= 0.3 is 5.97 Å². The fraction of sp³-hybridized carbons (Fsp3) is 0.909. The summed E-state index contributed by atoms with van der Waals surface area (Å²) in [5, 5.41) is 8.53. The molecule has 0 aliphatic heterocycles. The van der Waals surface area contributed by atoms with Crippen LogP contribution in [0.15, 0.2) is 0 Å². The number of rotatable bonds is 9. The number of ether oxygens (including phenoxy) is 1. The standard InChI is InChI=1S/C11H22O3/c1-2-3-10-14-11(13)8-6-4-5-7-9-12/h12H,2-10H2,1H3. The van der Waals surface area contributed by atoms with Gasteiger partial charge in [0.1, 0.15) is 0 Å². The molecule has 0 heterocycles. The van der Waals surface area contributed by atoms with Crippen LogP contribution in [0.25, 0.3) is 0 Å². The summed E-state index contributed by atoms with van der Waals surface area (Å²) in [6.45, 7) is 2.88. The predicted molar refractivity (Wildman–Crippen MR) is 56.0 cm³/mol. The topological polar surface area (TPSA) is 46.5 Å². The largest absolute Gasteiger partial charge is 0.466 e. The molecule has 0 saturated carbocycles. The highest BCUT2D eigenvalue weighted by Crippen LogP contribution is 2.03. The number of hydrogen-bond donors (Lipinski definition) is 1. The first-order valence-electron chi connectivity index (χ1n) is 5.57. The highest BCUT2D eigenvalue weighted by atomic mass is 16.5. The average Bonchev–Trinajstić information content (AvgIpc) is 2.18. The molecule has 0 atom stereocenters. The van der Waals surface area contributed by atoms with Gasteiger partial charge in [-0.25, -0.2) is 0 Å². The molecule has 0 aromatic rings. The second kappa shape index (κ2) is 10.5. The van der Waals surface area contributed by atoms with Gasteiger partial charge in [-0.3, -0.25) is 4.79 Å². The van der Waals surface area contributed by atoms with Crippen molar-refractivity contribution in [2.75, 3.05) is 13.2 Å². The van der Waals surface area contributed by atoms with Crippen LogP contribution < -0.4 is 0 Å². The summed E-state index contributed by atoms with van der Waals surface area (Å²) < 4.78 is 5.00. The minimum absolute atomic E-state index is 0.0811. The first kappa shape index (κ1) is 13.4. The van der Waals surface area contributed by atoms with Crippen molar-refractivity contribution in [3.8, 4) is 0 Å².